The molecular weight excluding hydrogens is 358 g/mol. The standard InChI is InChI=1S/C18H20ClN3O4/c1-12-3-5-14(6-4-12)25-7-8-26-17-15(19)9-13(10-16(17)24-2)11-21-22-18(20)23/h3-6,9-11H,7-8H2,1-2H3,(H3,20,22,23)/b21-11-. The molecule has 0 unspecified atom stereocenters. The number of nitrogens with two attached hydrogens (primary N) is 1. The maximum Gasteiger partial charge on any atom is 0.332 e. The van der Waals surface area contributed by atoms with Gasteiger partial charge in [-0.3, -0.25) is 0 Å². The molecule has 26 heavy (non-hydrogen) atoms. The maximum absolute atomic E-state index is 10.6. The topological polar surface area (TPSA) is 95.2 Å². The second-order valence-corrected chi connectivity index (χ2v) is 5.69. The van der Waals surface area contributed by atoms with E-state index in [1.807, 2.05) is 31.2 Å². The number of aryl methyl sites for hydroxylation is 1. The van der Waals surface area contributed by atoms with Gasteiger partial charge in [-0.25, -0.2) is 10.2 Å². The van der Waals surface area contributed by atoms with E-state index in [-0.39, 0.29) is 0 Å². The maximum atomic E-state index is 10.6. The van der Waals surface area contributed by atoms with Gasteiger partial charge in [0.05, 0.1) is 18.3 Å². The summed E-state index contributed by atoms with van der Waals surface area (Å²) in [4.78, 5) is 10.6. The Labute approximate surface area is 156 Å². The smallest absolute Gasteiger partial charge is 0.332 e. The number of amides is 2. The van der Waals surface area contributed by atoms with Gasteiger partial charge in [0, 0.05) is 0 Å². The van der Waals surface area contributed by atoms with Crippen LogP contribution in [0.1, 0.15) is 11.1 Å². The van der Waals surface area contributed by atoms with Crippen LogP contribution in [-0.4, -0.2) is 32.6 Å². The van der Waals surface area contributed by atoms with Crippen LogP contribution in [0.15, 0.2) is 41.5 Å². The highest BCUT2D eigenvalue weighted by molar-refractivity contribution is 6.32. The lowest BCUT2D eigenvalue weighted by atomic mass is 10.2. The summed E-state index contributed by atoms with van der Waals surface area (Å²) in [5, 5.41) is 4.03. The van der Waals surface area contributed by atoms with E-state index < -0.39 is 6.03 Å². The Balaban J connectivity index is 1.96. The zero-order valence-corrected chi connectivity index (χ0v) is 15.2. The second kappa shape index (κ2) is 9.53. The molecule has 0 atom stereocenters. The number of carbonyl (C=O) groups is 1. The molecule has 0 fully saturated rings. The number of benzene rings is 2. The van der Waals surface area contributed by atoms with Crippen molar-refractivity contribution < 1.29 is 19.0 Å². The Morgan fingerprint density at radius 2 is 1.92 bits per heavy atom. The van der Waals surface area contributed by atoms with Crippen LogP contribution in [-0.2, 0) is 0 Å². The number of hydrogen-bond acceptors (Lipinski definition) is 5. The van der Waals surface area contributed by atoms with Gasteiger partial charge in [0.15, 0.2) is 11.5 Å². The number of rotatable bonds is 8. The highest BCUT2D eigenvalue weighted by atomic mass is 35.5. The summed E-state index contributed by atoms with van der Waals surface area (Å²) in [6.07, 6.45) is 1.39. The summed E-state index contributed by atoms with van der Waals surface area (Å²) in [5.41, 5.74) is 8.82. The fourth-order valence-electron chi connectivity index (χ4n) is 2.06. The third-order valence-corrected chi connectivity index (χ3v) is 3.54. The van der Waals surface area contributed by atoms with Crippen molar-refractivity contribution in [3.63, 3.8) is 0 Å². The van der Waals surface area contributed by atoms with E-state index in [0.29, 0.717) is 35.3 Å². The molecule has 2 aromatic carbocycles. The van der Waals surface area contributed by atoms with E-state index in [2.05, 4.69) is 10.5 Å². The third kappa shape index (κ3) is 5.86. The molecule has 138 valence electrons. The van der Waals surface area contributed by atoms with E-state index >= 15 is 0 Å². The number of primary amides is 1. The quantitative estimate of drug-likeness (QED) is 0.419. The van der Waals surface area contributed by atoms with Gasteiger partial charge in [-0.1, -0.05) is 29.3 Å². The van der Waals surface area contributed by atoms with Crippen molar-refractivity contribution >= 4 is 23.8 Å². The van der Waals surface area contributed by atoms with Crippen LogP contribution in [0.3, 0.4) is 0 Å². The molecule has 0 aliphatic carbocycles. The first-order chi connectivity index (χ1) is 12.5. The minimum atomic E-state index is -0.757. The minimum absolute atomic E-state index is 0.292. The zero-order valence-electron chi connectivity index (χ0n) is 14.5. The Morgan fingerprint density at radius 1 is 1.23 bits per heavy atom. The van der Waals surface area contributed by atoms with Gasteiger partial charge >= 0.3 is 6.03 Å². The van der Waals surface area contributed by atoms with Crippen LogP contribution < -0.4 is 25.4 Å². The molecule has 2 aromatic rings. The summed E-state index contributed by atoms with van der Waals surface area (Å²) in [5.74, 6) is 1.61. The van der Waals surface area contributed by atoms with E-state index in [4.69, 9.17) is 31.5 Å². The number of ether oxygens (including phenoxy) is 3. The van der Waals surface area contributed by atoms with Crippen molar-refractivity contribution in [2.45, 2.75) is 6.92 Å². The number of nitrogens with zero attached hydrogens (tertiary/aromatic N) is 1. The Hall–Kier alpha value is -2.93. The van der Waals surface area contributed by atoms with Crippen LogP contribution in [0.4, 0.5) is 4.79 Å². The highest BCUT2D eigenvalue weighted by Crippen LogP contribution is 2.36. The van der Waals surface area contributed by atoms with Crippen molar-refractivity contribution in [1.82, 2.24) is 5.43 Å². The molecule has 0 saturated carbocycles. The number of halogens is 1. The molecule has 0 aromatic heterocycles. The predicted molar refractivity (Wildman–Crippen MR) is 100 cm³/mol. The van der Waals surface area contributed by atoms with Gasteiger partial charge in [0.1, 0.15) is 19.0 Å². The normalized spacial score (nSPS) is 10.6. The molecule has 7 nitrogen and oxygen atoms in total. The third-order valence-electron chi connectivity index (χ3n) is 3.26. The van der Waals surface area contributed by atoms with Crippen molar-refractivity contribution in [3.8, 4) is 17.2 Å². The number of carbonyl (C=O) groups excluding carboxylic acids is 1. The van der Waals surface area contributed by atoms with Crippen LogP contribution in [0.2, 0.25) is 5.02 Å². The molecule has 2 rings (SSSR count). The van der Waals surface area contributed by atoms with E-state index in [0.717, 1.165) is 5.75 Å². The summed E-state index contributed by atoms with van der Waals surface area (Å²) < 4.78 is 16.6. The SMILES string of the molecule is COc1cc(/C=N\NC(N)=O)cc(Cl)c1OCCOc1ccc(C)cc1. The van der Waals surface area contributed by atoms with E-state index in [1.54, 1.807) is 12.1 Å². The summed E-state index contributed by atoms with van der Waals surface area (Å²) in [7, 11) is 1.50. The highest BCUT2D eigenvalue weighted by Gasteiger charge is 2.11. The monoisotopic (exact) mass is 377 g/mol. The van der Waals surface area contributed by atoms with Gasteiger partial charge in [0.25, 0.3) is 0 Å². The predicted octanol–water partition coefficient (Wildman–Crippen LogP) is 3.12. The zero-order chi connectivity index (χ0) is 18.9. The fraction of sp³-hybridized carbons (Fsp3) is 0.222. The first kappa shape index (κ1) is 19.4. The lowest BCUT2D eigenvalue weighted by Gasteiger charge is -2.13. The lowest BCUT2D eigenvalue weighted by Crippen LogP contribution is -2.24. The van der Waals surface area contributed by atoms with Gasteiger partial charge < -0.3 is 19.9 Å². The molecule has 0 saturated heterocycles. The van der Waals surface area contributed by atoms with Crippen LogP contribution in [0.25, 0.3) is 0 Å². The Kier molecular flexibility index (Phi) is 7.11. The van der Waals surface area contributed by atoms with Crippen molar-refractivity contribution in [1.29, 1.82) is 0 Å². The van der Waals surface area contributed by atoms with Crippen molar-refractivity contribution in [3.05, 3.63) is 52.5 Å². The molecule has 0 spiro atoms. The second-order valence-electron chi connectivity index (χ2n) is 5.28. The summed E-state index contributed by atoms with van der Waals surface area (Å²) >= 11 is 6.25. The number of methoxy groups -OCH3 is 1. The average Bonchev–Trinajstić information content (AvgIpc) is 2.61. The average molecular weight is 378 g/mol. The fourth-order valence-corrected chi connectivity index (χ4v) is 2.34. The minimum Gasteiger partial charge on any atom is -0.493 e. The molecule has 3 N–H and O–H groups in total. The molecule has 0 aliphatic rings. The van der Waals surface area contributed by atoms with Crippen molar-refractivity contribution in [2.24, 2.45) is 10.8 Å². The molecule has 8 heteroatoms. The number of urea groups is 1. The van der Waals surface area contributed by atoms with Crippen molar-refractivity contribution in [2.75, 3.05) is 20.3 Å². The van der Waals surface area contributed by atoms with Gasteiger partial charge in [-0.15, -0.1) is 0 Å². The lowest BCUT2D eigenvalue weighted by molar-refractivity contribution is 0.211. The van der Waals surface area contributed by atoms with E-state index in [1.165, 1.54) is 18.9 Å². The molecule has 0 heterocycles. The largest absolute Gasteiger partial charge is 0.493 e. The van der Waals surface area contributed by atoms with Gasteiger partial charge in [-0.2, -0.15) is 5.10 Å². The molecule has 0 aliphatic heterocycles. The van der Waals surface area contributed by atoms with Gasteiger partial charge in [-0.05, 0) is 36.8 Å². The molecule has 2 amide bonds. The van der Waals surface area contributed by atoms with Crippen LogP contribution >= 0.6 is 11.6 Å². The molecule has 0 radical (unpaired) electrons. The Bertz CT molecular complexity index is 779. The summed E-state index contributed by atoms with van der Waals surface area (Å²) in [6.45, 7) is 2.66. The molecular formula is C18H20ClN3O4. The first-order valence-electron chi connectivity index (χ1n) is 7.78. The first-order valence-corrected chi connectivity index (χ1v) is 8.15. The van der Waals surface area contributed by atoms with Gasteiger partial charge in [0.2, 0.25) is 0 Å². The van der Waals surface area contributed by atoms with Crippen LogP contribution in [0, 0.1) is 6.92 Å². The molecule has 0 bridgehead atoms. The Morgan fingerprint density at radius 3 is 2.58 bits per heavy atom. The summed E-state index contributed by atoms with van der Waals surface area (Å²) in [6, 6.07) is 10.3. The number of hydrogen-bond donors (Lipinski definition) is 2. The number of nitrogens with one attached hydrogen (secondary N) is 1. The van der Waals surface area contributed by atoms with E-state index in [9.17, 15) is 4.79 Å². The van der Waals surface area contributed by atoms with Crippen LogP contribution in [0.5, 0.6) is 17.2 Å². The number of hydrazone groups is 1.